The fourth-order valence-corrected chi connectivity index (χ4v) is 13.8. The van der Waals surface area contributed by atoms with Crippen LogP contribution in [0.25, 0.3) is 44.5 Å². The van der Waals surface area contributed by atoms with Gasteiger partial charge in [-0.3, -0.25) is 0 Å². The lowest BCUT2D eigenvalue weighted by Crippen LogP contribution is -2.18. The van der Waals surface area contributed by atoms with Crippen LogP contribution in [0.4, 0.5) is 85.3 Å². The molecule has 0 aliphatic rings. The summed E-state index contributed by atoms with van der Waals surface area (Å²) < 4.78 is 7.06. The molecular formula is C96H71N5O. The van der Waals surface area contributed by atoms with Crippen molar-refractivity contribution in [1.82, 2.24) is 0 Å². The largest absolute Gasteiger partial charge is 0.457 e. The Morgan fingerprint density at radius 1 is 0.147 bits per heavy atom. The summed E-state index contributed by atoms with van der Waals surface area (Å²) in [5.74, 6) is 1.39. The molecule has 0 amide bonds. The molecule has 102 heavy (non-hydrogen) atoms. The molecule has 0 radical (unpaired) electrons. The molecule has 0 fully saturated rings. The van der Waals surface area contributed by atoms with E-state index in [-0.39, 0.29) is 0 Å². The fourth-order valence-electron chi connectivity index (χ4n) is 13.8. The smallest absolute Gasteiger partial charge is 0.131 e. The van der Waals surface area contributed by atoms with E-state index in [9.17, 15) is 0 Å². The van der Waals surface area contributed by atoms with Gasteiger partial charge >= 0.3 is 0 Å². The number of hydrogen-bond acceptors (Lipinski definition) is 6. The number of anilines is 15. The summed E-state index contributed by atoms with van der Waals surface area (Å²) in [6.45, 7) is 0. The number of rotatable bonds is 21. The van der Waals surface area contributed by atoms with Crippen LogP contribution >= 0.6 is 0 Å². The molecule has 0 atom stereocenters. The minimum atomic E-state index is 0.664. The number of hydrogen-bond donors (Lipinski definition) is 0. The molecule has 0 bridgehead atoms. The summed E-state index contributed by atoms with van der Waals surface area (Å²) in [5.41, 5.74) is 23.1. The minimum absolute atomic E-state index is 0.664. The highest BCUT2D eigenvalue weighted by atomic mass is 16.5. The molecular weight excluding hydrogens is 1240 g/mol. The van der Waals surface area contributed by atoms with Crippen LogP contribution in [0.5, 0.6) is 11.5 Å². The summed E-state index contributed by atoms with van der Waals surface area (Å²) in [6.07, 6.45) is 0. The Hall–Kier alpha value is -13.7. The van der Waals surface area contributed by atoms with Crippen LogP contribution in [0, 0.1) is 0 Å². The van der Waals surface area contributed by atoms with Crippen LogP contribution in [0.2, 0.25) is 0 Å². The highest BCUT2D eigenvalue weighted by Crippen LogP contribution is 2.53. The highest BCUT2D eigenvalue weighted by Gasteiger charge is 2.29. The summed E-state index contributed by atoms with van der Waals surface area (Å²) >= 11 is 0. The Labute approximate surface area is 597 Å². The van der Waals surface area contributed by atoms with Crippen molar-refractivity contribution in [2.24, 2.45) is 0 Å². The SMILES string of the molecule is c1ccc(Oc2cc(N(c3ccccc3)c3cccc(N(c4cc(N(c5ccccc5)c5ccccc5)cc(N(c5ccccc5)c5ccccc5-c5ccccc5)c4)c4c(-c5ccccc5)cccc4-c4ccccc4)c3)cc(N(c3ccccc3)c3ccccc3-c3ccccc3)c2)cc1. The Morgan fingerprint density at radius 2 is 0.382 bits per heavy atom. The zero-order valence-corrected chi connectivity index (χ0v) is 56.1. The van der Waals surface area contributed by atoms with Crippen molar-refractivity contribution < 1.29 is 4.74 Å². The quantitative estimate of drug-likeness (QED) is 0.0711. The van der Waals surface area contributed by atoms with Gasteiger partial charge in [0.2, 0.25) is 0 Å². The van der Waals surface area contributed by atoms with Gasteiger partial charge in [-0.05, 0) is 150 Å². The lowest BCUT2D eigenvalue weighted by atomic mass is 9.94. The molecule has 0 N–H and O–H groups in total. The van der Waals surface area contributed by atoms with Gasteiger partial charge in [0.25, 0.3) is 0 Å². The van der Waals surface area contributed by atoms with Gasteiger partial charge in [0.05, 0.1) is 45.5 Å². The van der Waals surface area contributed by atoms with Crippen molar-refractivity contribution in [3.63, 3.8) is 0 Å². The van der Waals surface area contributed by atoms with Gasteiger partial charge in [0, 0.05) is 74.2 Å². The average molecular weight is 1310 g/mol. The van der Waals surface area contributed by atoms with Crippen molar-refractivity contribution in [1.29, 1.82) is 0 Å². The third kappa shape index (κ3) is 13.4. The molecule has 0 aliphatic carbocycles. The molecule has 0 spiro atoms. The van der Waals surface area contributed by atoms with Gasteiger partial charge in [0.15, 0.2) is 0 Å². The van der Waals surface area contributed by atoms with Gasteiger partial charge in [0.1, 0.15) is 11.5 Å². The Bertz CT molecular complexity index is 5330. The van der Waals surface area contributed by atoms with Crippen LogP contribution in [0.1, 0.15) is 0 Å². The molecule has 16 aromatic rings. The first-order valence-electron chi connectivity index (χ1n) is 34.6. The van der Waals surface area contributed by atoms with Crippen molar-refractivity contribution in [2.75, 3.05) is 24.5 Å². The van der Waals surface area contributed by atoms with Crippen molar-refractivity contribution in [3.05, 3.63) is 431 Å². The summed E-state index contributed by atoms with van der Waals surface area (Å²) in [7, 11) is 0. The fraction of sp³-hybridized carbons (Fsp3) is 0. The maximum Gasteiger partial charge on any atom is 0.131 e. The van der Waals surface area contributed by atoms with Crippen LogP contribution in [-0.2, 0) is 0 Å². The number of ether oxygens (including phenoxy) is 1. The molecule has 0 saturated heterocycles. The van der Waals surface area contributed by atoms with E-state index in [4.69, 9.17) is 4.74 Å². The monoisotopic (exact) mass is 1310 g/mol. The van der Waals surface area contributed by atoms with E-state index >= 15 is 0 Å². The van der Waals surface area contributed by atoms with E-state index in [0.717, 1.165) is 136 Å². The van der Waals surface area contributed by atoms with E-state index in [2.05, 4.69) is 425 Å². The highest BCUT2D eigenvalue weighted by molar-refractivity contribution is 6.01. The Morgan fingerprint density at radius 3 is 0.775 bits per heavy atom. The van der Waals surface area contributed by atoms with Gasteiger partial charge in [-0.25, -0.2) is 0 Å². The molecule has 0 aromatic heterocycles. The summed E-state index contributed by atoms with van der Waals surface area (Å²) in [4.78, 5) is 12.0. The van der Waals surface area contributed by atoms with Crippen molar-refractivity contribution >= 4 is 85.3 Å². The number of para-hydroxylation sites is 9. The predicted octanol–water partition coefficient (Wildman–Crippen LogP) is 27.5. The number of benzene rings is 16. The molecule has 0 heterocycles. The van der Waals surface area contributed by atoms with Crippen LogP contribution in [-0.4, -0.2) is 0 Å². The summed E-state index contributed by atoms with van der Waals surface area (Å²) in [5, 5.41) is 0. The molecule has 0 aliphatic heterocycles. The Balaban J connectivity index is 0.989. The molecule has 0 saturated carbocycles. The topological polar surface area (TPSA) is 25.4 Å². The van der Waals surface area contributed by atoms with Crippen molar-refractivity contribution in [3.8, 4) is 56.0 Å². The van der Waals surface area contributed by atoms with E-state index in [1.54, 1.807) is 0 Å². The maximum atomic E-state index is 7.06. The third-order valence-corrected chi connectivity index (χ3v) is 18.3. The standard InChI is InChI=1S/C96H71N5O/c1-11-37-72(38-12-1)90-59-31-33-63-94(90)99(79-51-25-8-26-52-79)84-66-83(97(76-45-19-5-20-46-76)77-47-21-6-22-48-77)67-85(68-84)101(96-92(74-41-15-3-16-42-74)61-36-62-93(96)75-43-17-4-18-44-75)82-56-35-55-81(65-82)98(78-49-23-7-24-50-78)86-69-87(71-89(70-86)102-88-57-29-10-30-58-88)100(80-53-27-9-28-54-80)95-64-34-32-60-91(95)73-39-13-2-14-40-73/h1-71H. The minimum Gasteiger partial charge on any atom is -0.457 e. The molecule has 16 aromatic carbocycles. The molecule has 6 nitrogen and oxygen atoms in total. The van der Waals surface area contributed by atoms with E-state index in [1.807, 2.05) is 30.3 Å². The normalized spacial score (nSPS) is 10.9. The molecule has 16 rings (SSSR count). The first-order valence-corrected chi connectivity index (χ1v) is 34.6. The van der Waals surface area contributed by atoms with E-state index in [1.165, 1.54) is 0 Å². The van der Waals surface area contributed by atoms with Gasteiger partial charge in [-0.1, -0.05) is 291 Å². The Kier molecular flexibility index (Phi) is 18.3. The lowest BCUT2D eigenvalue weighted by Gasteiger charge is -2.35. The van der Waals surface area contributed by atoms with Gasteiger partial charge < -0.3 is 29.2 Å². The third-order valence-electron chi connectivity index (χ3n) is 18.3. The predicted molar refractivity (Wildman–Crippen MR) is 428 cm³/mol. The summed E-state index contributed by atoms with van der Waals surface area (Å²) in [6, 6.07) is 154. The van der Waals surface area contributed by atoms with Gasteiger partial charge in [-0.2, -0.15) is 0 Å². The second-order valence-corrected chi connectivity index (χ2v) is 24.9. The number of nitrogens with zero attached hydrogens (tertiary/aromatic N) is 5. The van der Waals surface area contributed by atoms with Crippen LogP contribution < -0.4 is 29.2 Å². The maximum absolute atomic E-state index is 7.06. The zero-order valence-electron chi connectivity index (χ0n) is 56.1. The second-order valence-electron chi connectivity index (χ2n) is 24.9. The van der Waals surface area contributed by atoms with E-state index in [0.29, 0.717) is 5.75 Å². The average Bonchev–Trinajstić information content (AvgIpc) is 0.749. The van der Waals surface area contributed by atoms with Crippen LogP contribution in [0.3, 0.4) is 0 Å². The zero-order chi connectivity index (χ0) is 68.2. The lowest BCUT2D eigenvalue weighted by molar-refractivity contribution is 0.483. The first kappa shape index (κ1) is 63.1. The second kappa shape index (κ2) is 29.6. The molecule has 6 heteroatoms. The molecule has 486 valence electrons. The van der Waals surface area contributed by atoms with E-state index < -0.39 is 0 Å². The van der Waals surface area contributed by atoms with Crippen molar-refractivity contribution in [2.45, 2.75) is 0 Å². The first-order chi connectivity index (χ1) is 50.6. The molecule has 0 unspecified atom stereocenters. The van der Waals surface area contributed by atoms with Gasteiger partial charge in [-0.15, -0.1) is 0 Å². The van der Waals surface area contributed by atoms with Crippen LogP contribution in [0.15, 0.2) is 431 Å².